The van der Waals surface area contributed by atoms with E-state index in [-0.39, 0.29) is 24.2 Å². The molecule has 3 aliphatic rings. The lowest BCUT2D eigenvalue weighted by molar-refractivity contribution is -0.138. The van der Waals surface area contributed by atoms with E-state index in [1.54, 1.807) is 0 Å². The monoisotopic (exact) mass is 312 g/mol. The Labute approximate surface area is 130 Å². The lowest BCUT2D eigenvalue weighted by Crippen LogP contribution is -2.53. The minimum Gasteiger partial charge on any atom is -0.342 e. The molecule has 1 aliphatic carbocycles. The van der Waals surface area contributed by atoms with Gasteiger partial charge in [-0.25, -0.2) is 0 Å². The molecule has 3 fully saturated rings. The van der Waals surface area contributed by atoms with E-state index in [1.165, 1.54) is 12.8 Å². The van der Waals surface area contributed by atoms with E-state index in [2.05, 4.69) is 15.5 Å². The fraction of sp³-hybridized carbons (Fsp3) is 0.786. The first-order chi connectivity index (χ1) is 9.81. The second-order valence-corrected chi connectivity index (χ2v) is 6.24. The molecule has 1 aromatic heterocycles. The third-order valence-electron chi connectivity index (χ3n) is 4.61. The maximum Gasteiger partial charge on any atom is 0.229 e. The van der Waals surface area contributed by atoms with Crippen molar-refractivity contribution in [2.75, 3.05) is 26.2 Å². The number of halogens is 1. The van der Waals surface area contributed by atoms with Gasteiger partial charge in [0.25, 0.3) is 0 Å². The van der Waals surface area contributed by atoms with Gasteiger partial charge in [-0.2, -0.15) is 4.98 Å². The number of nitrogens with zero attached hydrogens (tertiary/aromatic N) is 3. The number of carbonyl (C=O) groups excluding carboxylic acids is 1. The molecule has 3 heterocycles. The minimum atomic E-state index is 0. The lowest BCUT2D eigenvalue weighted by atomic mass is 9.94. The molecule has 21 heavy (non-hydrogen) atoms. The molecule has 6 nitrogen and oxygen atoms in total. The van der Waals surface area contributed by atoms with Crippen LogP contribution >= 0.6 is 12.4 Å². The number of piperidine rings is 1. The Bertz CT molecular complexity index is 513. The van der Waals surface area contributed by atoms with Crippen molar-refractivity contribution in [2.45, 2.75) is 37.5 Å². The third-order valence-corrected chi connectivity index (χ3v) is 4.61. The summed E-state index contributed by atoms with van der Waals surface area (Å²) in [5, 5.41) is 7.30. The van der Waals surface area contributed by atoms with Crippen LogP contribution in [0.4, 0.5) is 0 Å². The van der Waals surface area contributed by atoms with Gasteiger partial charge in [-0.1, -0.05) is 5.16 Å². The second kappa shape index (κ2) is 5.93. The molecular formula is C14H21ClN4O2. The molecule has 0 radical (unpaired) electrons. The predicted octanol–water partition coefficient (Wildman–Crippen LogP) is 1.29. The van der Waals surface area contributed by atoms with E-state index in [9.17, 15) is 4.79 Å². The average molecular weight is 313 g/mol. The van der Waals surface area contributed by atoms with E-state index in [4.69, 9.17) is 4.52 Å². The minimum absolute atomic E-state index is 0. The molecular weight excluding hydrogens is 292 g/mol. The first-order valence-corrected chi connectivity index (χ1v) is 7.64. The van der Waals surface area contributed by atoms with Gasteiger partial charge < -0.3 is 14.7 Å². The zero-order valence-corrected chi connectivity index (χ0v) is 12.8. The molecule has 7 heteroatoms. The van der Waals surface area contributed by atoms with Crippen LogP contribution in [0.1, 0.15) is 49.2 Å². The van der Waals surface area contributed by atoms with E-state index in [0.29, 0.717) is 11.8 Å². The summed E-state index contributed by atoms with van der Waals surface area (Å²) in [6.45, 7) is 3.28. The van der Waals surface area contributed by atoms with Gasteiger partial charge >= 0.3 is 0 Å². The Hall–Kier alpha value is -1.14. The van der Waals surface area contributed by atoms with Crippen molar-refractivity contribution >= 4 is 18.3 Å². The summed E-state index contributed by atoms with van der Waals surface area (Å²) in [5.41, 5.74) is 0. The van der Waals surface area contributed by atoms with Crippen LogP contribution in [-0.4, -0.2) is 47.1 Å². The van der Waals surface area contributed by atoms with Gasteiger partial charge in [0.1, 0.15) is 0 Å². The smallest absolute Gasteiger partial charge is 0.229 e. The number of hydrogen-bond donors (Lipinski definition) is 1. The van der Waals surface area contributed by atoms with Crippen molar-refractivity contribution in [3.05, 3.63) is 11.7 Å². The van der Waals surface area contributed by atoms with Crippen molar-refractivity contribution in [1.29, 1.82) is 0 Å². The van der Waals surface area contributed by atoms with Crippen molar-refractivity contribution in [3.8, 4) is 0 Å². The number of amides is 1. The quantitative estimate of drug-likeness (QED) is 0.910. The maximum atomic E-state index is 12.3. The van der Waals surface area contributed by atoms with Crippen LogP contribution in [0.3, 0.4) is 0 Å². The van der Waals surface area contributed by atoms with E-state index >= 15 is 0 Å². The highest BCUT2D eigenvalue weighted by atomic mass is 35.5. The average Bonchev–Trinajstić information content (AvgIpc) is 3.15. The van der Waals surface area contributed by atoms with Crippen molar-refractivity contribution < 1.29 is 9.32 Å². The van der Waals surface area contributed by atoms with E-state index in [0.717, 1.165) is 50.7 Å². The largest absolute Gasteiger partial charge is 0.342 e. The standard InChI is InChI=1S/C14H20N4O2.ClH/c19-14(11-6-15-7-11)18-5-1-2-10(8-18)12-16-13(20-17-12)9-3-4-9;/h9-11,15H,1-8H2;1H. The molecule has 4 rings (SSSR count). The van der Waals surface area contributed by atoms with Gasteiger partial charge in [-0.05, 0) is 25.7 Å². The predicted molar refractivity (Wildman–Crippen MR) is 78.4 cm³/mol. The van der Waals surface area contributed by atoms with Crippen LogP contribution in [0.25, 0.3) is 0 Å². The molecule has 1 unspecified atom stereocenters. The van der Waals surface area contributed by atoms with Gasteiger partial charge in [0.05, 0.1) is 5.92 Å². The first-order valence-electron chi connectivity index (χ1n) is 7.64. The number of hydrogen-bond acceptors (Lipinski definition) is 5. The Morgan fingerprint density at radius 3 is 2.71 bits per heavy atom. The number of nitrogens with one attached hydrogen (secondary N) is 1. The van der Waals surface area contributed by atoms with Crippen LogP contribution in [0, 0.1) is 5.92 Å². The normalized spacial score (nSPS) is 26.1. The topological polar surface area (TPSA) is 71.3 Å². The highest BCUT2D eigenvalue weighted by Gasteiger charge is 2.35. The van der Waals surface area contributed by atoms with Crippen LogP contribution in [0.15, 0.2) is 4.52 Å². The Morgan fingerprint density at radius 2 is 2.05 bits per heavy atom. The number of rotatable bonds is 3. The van der Waals surface area contributed by atoms with Crippen molar-refractivity contribution in [1.82, 2.24) is 20.4 Å². The van der Waals surface area contributed by atoms with Crippen LogP contribution in [0.5, 0.6) is 0 Å². The summed E-state index contributed by atoms with van der Waals surface area (Å²) in [6.07, 6.45) is 4.43. The fourth-order valence-corrected chi connectivity index (χ4v) is 3.02. The van der Waals surface area contributed by atoms with Crippen LogP contribution in [0.2, 0.25) is 0 Å². The summed E-state index contributed by atoms with van der Waals surface area (Å²) in [6, 6.07) is 0. The molecule has 0 bridgehead atoms. The van der Waals surface area contributed by atoms with E-state index < -0.39 is 0 Å². The summed E-state index contributed by atoms with van der Waals surface area (Å²) in [7, 11) is 0. The molecule has 1 saturated carbocycles. The number of carbonyl (C=O) groups is 1. The summed E-state index contributed by atoms with van der Waals surface area (Å²) in [5.74, 6) is 2.82. The summed E-state index contributed by atoms with van der Waals surface area (Å²) in [4.78, 5) is 18.8. The number of aromatic nitrogens is 2. The lowest BCUT2D eigenvalue weighted by Gasteiger charge is -2.36. The second-order valence-electron chi connectivity index (χ2n) is 6.24. The summed E-state index contributed by atoms with van der Waals surface area (Å²) < 4.78 is 5.34. The first kappa shape index (κ1) is 14.8. The molecule has 1 amide bonds. The highest BCUT2D eigenvalue weighted by Crippen LogP contribution is 2.39. The molecule has 2 aliphatic heterocycles. The van der Waals surface area contributed by atoms with Gasteiger partial charge in [0.15, 0.2) is 5.82 Å². The molecule has 1 N–H and O–H groups in total. The number of likely N-dealkylation sites (tertiary alicyclic amines) is 1. The van der Waals surface area contributed by atoms with E-state index in [1.807, 2.05) is 4.90 Å². The van der Waals surface area contributed by atoms with Crippen LogP contribution < -0.4 is 5.32 Å². The van der Waals surface area contributed by atoms with Crippen molar-refractivity contribution in [3.63, 3.8) is 0 Å². The SMILES string of the molecule is Cl.O=C(C1CNC1)N1CCCC(c2noc(C3CC3)n2)C1. The third kappa shape index (κ3) is 2.92. The fourth-order valence-electron chi connectivity index (χ4n) is 3.02. The summed E-state index contributed by atoms with van der Waals surface area (Å²) >= 11 is 0. The van der Waals surface area contributed by atoms with Crippen molar-refractivity contribution in [2.24, 2.45) is 5.92 Å². The van der Waals surface area contributed by atoms with Gasteiger partial charge in [0, 0.05) is 38.0 Å². The van der Waals surface area contributed by atoms with Gasteiger partial charge in [0.2, 0.25) is 11.8 Å². The Balaban J connectivity index is 0.00000132. The molecule has 1 aromatic rings. The molecule has 2 saturated heterocycles. The van der Waals surface area contributed by atoms with Gasteiger partial charge in [-0.3, -0.25) is 4.79 Å². The zero-order chi connectivity index (χ0) is 13.5. The van der Waals surface area contributed by atoms with Gasteiger partial charge in [-0.15, -0.1) is 12.4 Å². The molecule has 0 spiro atoms. The Kier molecular flexibility index (Phi) is 4.17. The highest BCUT2D eigenvalue weighted by molar-refractivity contribution is 5.85. The van der Waals surface area contributed by atoms with Crippen LogP contribution in [-0.2, 0) is 4.79 Å². The zero-order valence-electron chi connectivity index (χ0n) is 12.0. The molecule has 1 atom stereocenters. The maximum absolute atomic E-state index is 12.3. The molecule has 116 valence electrons. The molecule has 0 aromatic carbocycles. The Morgan fingerprint density at radius 1 is 1.24 bits per heavy atom.